The van der Waals surface area contributed by atoms with Gasteiger partial charge in [-0.2, -0.15) is 9.40 Å². The van der Waals surface area contributed by atoms with E-state index >= 15 is 0 Å². The van der Waals surface area contributed by atoms with Gasteiger partial charge >= 0.3 is 0 Å². The summed E-state index contributed by atoms with van der Waals surface area (Å²) in [6.45, 7) is 7.56. The molecular weight excluding hydrogens is 394 g/mol. The number of carbonyl (C=O) groups is 1. The second-order valence-electron chi connectivity index (χ2n) is 7.63. The minimum Gasteiger partial charge on any atom is -0.373 e. The van der Waals surface area contributed by atoms with Gasteiger partial charge in [0.05, 0.1) is 30.2 Å². The number of nitrogens with zero attached hydrogens (tertiary/aromatic N) is 5. The van der Waals surface area contributed by atoms with E-state index in [9.17, 15) is 13.2 Å². The van der Waals surface area contributed by atoms with E-state index in [1.807, 2.05) is 20.8 Å². The van der Waals surface area contributed by atoms with Gasteiger partial charge in [-0.25, -0.2) is 18.1 Å². The summed E-state index contributed by atoms with van der Waals surface area (Å²) >= 11 is 0. The predicted octanol–water partition coefficient (Wildman–Crippen LogP) is 1.04. The SMILES string of the molecule is Cc1nc2n(n1)CCN(C(=O)c1cccc(S(=O)(=O)N3C[C@@H](C)O[C@@H](C)C3)c1)C2. The molecule has 2 atom stereocenters. The number of amides is 1. The van der Waals surface area contributed by atoms with Crippen LogP contribution in [-0.4, -0.2) is 70.1 Å². The van der Waals surface area contributed by atoms with E-state index in [1.165, 1.54) is 16.4 Å². The molecule has 0 bridgehead atoms. The Labute approximate surface area is 170 Å². The van der Waals surface area contributed by atoms with Gasteiger partial charge in [0.15, 0.2) is 0 Å². The largest absolute Gasteiger partial charge is 0.373 e. The standard InChI is InChI=1S/C19H25N5O4S/c1-13-10-23(11-14(2)28-13)29(26,27)17-6-4-5-16(9-17)19(25)22-7-8-24-18(12-22)20-15(3)21-24/h4-6,9,13-14H,7-8,10-12H2,1-3H3/t13-,14+. The lowest BCUT2D eigenvalue weighted by molar-refractivity contribution is -0.0440. The van der Waals surface area contributed by atoms with Gasteiger partial charge in [0.1, 0.15) is 11.6 Å². The molecule has 9 nitrogen and oxygen atoms in total. The molecule has 3 heterocycles. The molecule has 0 spiro atoms. The molecule has 0 N–H and O–H groups in total. The maximum absolute atomic E-state index is 13.1. The highest BCUT2D eigenvalue weighted by Crippen LogP contribution is 2.23. The number of hydrogen-bond donors (Lipinski definition) is 0. The molecule has 10 heteroatoms. The van der Waals surface area contributed by atoms with Crippen molar-refractivity contribution in [2.24, 2.45) is 0 Å². The van der Waals surface area contributed by atoms with Gasteiger partial charge in [-0.1, -0.05) is 6.07 Å². The van der Waals surface area contributed by atoms with Gasteiger partial charge in [0, 0.05) is 25.2 Å². The topological polar surface area (TPSA) is 97.6 Å². The van der Waals surface area contributed by atoms with E-state index in [0.29, 0.717) is 44.1 Å². The Morgan fingerprint density at radius 2 is 1.90 bits per heavy atom. The molecule has 29 heavy (non-hydrogen) atoms. The van der Waals surface area contributed by atoms with E-state index in [-0.39, 0.29) is 23.0 Å². The summed E-state index contributed by atoms with van der Waals surface area (Å²) in [4.78, 5) is 19.2. The van der Waals surface area contributed by atoms with Gasteiger partial charge in [0.2, 0.25) is 10.0 Å². The van der Waals surface area contributed by atoms with Crippen LogP contribution in [0.25, 0.3) is 0 Å². The van der Waals surface area contributed by atoms with Crippen LogP contribution in [-0.2, 0) is 27.8 Å². The zero-order valence-corrected chi connectivity index (χ0v) is 17.6. The average Bonchev–Trinajstić information content (AvgIpc) is 3.06. The van der Waals surface area contributed by atoms with Crippen molar-refractivity contribution in [1.82, 2.24) is 24.0 Å². The lowest BCUT2D eigenvalue weighted by atomic mass is 10.2. The fourth-order valence-corrected chi connectivity index (χ4v) is 5.52. The van der Waals surface area contributed by atoms with Crippen LogP contribution in [0.15, 0.2) is 29.2 Å². The van der Waals surface area contributed by atoms with E-state index < -0.39 is 10.0 Å². The molecule has 2 aromatic rings. The number of fused-ring (bicyclic) bond motifs is 1. The predicted molar refractivity (Wildman–Crippen MR) is 105 cm³/mol. The zero-order valence-electron chi connectivity index (χ0n) is 16.8. The van der Waals surface area contributed by atoms with Crippen molar-refractivity contribution in [2.75, 3.05) is 19.6 Å². The second kappa shape index (κ2) is 7.51. The number of morpholine rings is 1. The van der Waals surface area contributed by atoms with Gasteiger partial charge in [-0.15, -0.1) is 0 Å². The third-order valence-corrected chi connectivity index (χ3v) is 6.99. The van der Waals surface area contributed by atoms with E-state index in [4.69, 9.17) is 4.74 Å². The highest BCUT2D eigenvalue weighted by atomic mass is 32.2. The molecule has 4 rings (SSSR count). The zero-order chi connectivity index (χ0) is 20.8. The molecule has 0 aliphatic carbocycles. The van der Waals surface area contributed by atoms with Gasteiger partial charge in [0.25, 0.3) is 5.91 Å². The summed E-state index contributed by atoms with van der Waals surface area (Å²) in [5.41, 5.74) is 0.352. The fraction of sp³-hybridized carbons (Fsp3) is 0.526. The lowest BCUT2D eigenvalue weighted by Crippen LogP contribution is -2.48. The van der Waals surface area contributed by atoms with Crippen LogP contribution >= 0.6 is 0 Å². The van der Waals surface area contributed by atoms with Crippen LogP contribution in [0.3, 0.4) is 0 Å². The molecule has 1 aromatic heterocycles. The van der Waals surface area contributed by atoms with Crippen molar-refractivity contribution in [1.29, 1.82) is 0 Å². The number of aryl methyl sites for hydroxylation is 1. The van der Waals surface area contributed by atoms with Crippen LogP contribution in [0, 0.1) is 6.92 Å². The molecule has 156 valence electrons. The Morgan fingerprint density at radius 1 is 1.17 bits per heavy atom. The quantitative estimate of drug-likeness (QED) is 0.737. The molecule has 0 unspecified atom stereocenters. The van der Waals surface area contributed by atoms with Crippen LogP contribution in [0.4, 0.5) is 0 Å². The smallest absolute Gasteiger partial charge is 0.254 e. The first-order chi connectivity index (χ1) is 13.7. The van der Waals surface area contributed by atoms with E-state index in [1.54, 1.807) is 21.7 Å². The minimum atomic E-state index is -3.70. The third-order valence-electron chi connectivity index (χ3n) is 5.16. The number of ether oxygens (including phenoxy) is 1. The second-order valence-corrected chi connectivity index (χ2v) is 9.57. The summed E-state index contributed by atoms with van der Waals surface area (Å²) in [6.07, 6.45) is -0.347. The van der Waals surface area contributed by atoms with E-state index in [0.717, 1.165) is 5.82 Å². The van der Waals surface area contributed by atoms with Crippen molar-refractivity contribution in [3.05, 3.63) is 41.5 Å². The maximum atomic E-state index is 13.1. The summed E-state index contributed by atoms with van der Waals surface area (Å²) < 4.78 is 35.1. The Kier molecular flexibility index (Phi) is 5.18. The Hall–Kier alpha value is -2.30. The molecule has 2 aliphatic rings. The normalized spacial score (nSPS) is 23.1. The van der Waals surface area contributed by atoms with Crippen LogP contribution < -0.4 is 0 Å². The molecule has 0 saturated carbocycles. The maximum Gasteiger partial charge on any atom is 0.254 e. The monoisotopic (exact) mass is 419 g/mol. The van der Waals surface area contributed by atoms with Crippen molar-refractivity contribution in [3.63, 3.8) is 0 Å². The van der Waals surface area contributed by atoms with Crippen LogP contribution in [0.2, 0.25) is 0 Å². The number of benzene rings is 1. The van der Waals surface area contributed by atoms with Gasteiger partial charge < -0.3 is 9.64 Å². The summed E-state index contributed by atoms with van der Waals surface area (Å²) in [5, 5.41) is 4.30. The molecule has 1 saturated heterocycles. The lowest BCUT2D eigenvalue weighted by Gasteiger charge is -2.34. The highest BCUT2D eigenvalue weighted by molar-refractivity contribution is 7.89. The Bertz CT molecular complexity index is 1020. The van der Waals surface area contributed by atoms with Crippen LogP contribution in [0.5, 0.6) is 0 Å². The minimum absolute atomic E-state index is 0.126. The summed E-state index contributed by atoms with van der Waals surface area (Å²) in [6, 6.07) is 6.26. The summed E-state index contributed by atoms with van der Waals surface area (Å²) in [7, 11) is -3.70. The van der Waals surface area contributed by atoms with Crippen molar-refractivity contribution in [3.8, 4) is 0 Å². The first-order valence-corrected chi connectivity index (χ1v) is 11.1. The molecule has 1 amide bonds. The number of sulfonamides is 1. The van der Waals surface area contributed by atoms with Gasteiger partial charge in [-0.3, -0.25) is 4.79 Å². The first kappa shape index (κ1) is 20.0. The average molecular weight is 420 g/mol. The molecule has 1 fully saturated rings. The molecule has 0 radical (unpaired) electrons. The number of aromatic nitrogens is 3. The Balaban J connectivity index is 1.56. The number of hydrogen-bond acceptors (Lipinski definition) is 6. The Morgan fingerprint density at radius 3 is 2.62 bits per heavy atom. The number of rotatable bonds is 3. The summed E-state index contributed by atoms with van der Waals surface area (Å²) in [5.74, 6) is 1.20. The first-order valence-electron chi connectivity index (χ1n) is 9.69. The highest BCUT2D eigenvalue weighted by Gasteiger charge is 2.33. The van der Waals surface area contributed by atoms with Gasteiger partial charge in [-0.05, 0) is 39.0 Å². The molecule has 1 aromatic carbocycles. The molecule has 2 aliphatic heterocycles. The number of carbonyl (C=O) groups excluding carboxylic acids is 1. The van der Waals surface area contributed by atoms with E-state index in [2.05, 4.69) is 10.1 Å². The van der Waals surface area contributed by atoms with Crippen LogP contribution in [0.1, 0.15) is 35.9 Å². The molecular formula is C19H25N5O4S. The third kappa shape index (κ3) is 3.92. The van der Waals surface area contributed by atoms with Crippen molar-refractivity contribution in [2.45, 2.75) is 51.0 Å². The van der Waals surface area contributed by atoms with Crippen molar-refractivity contribution >= 4 is 15.9 Å². The van der Waals surface area contributed by atoms with Crippen molar-refractivity contribution < 1.29 is 17.9 Å². The fourth-order valence-electron chi connectivity index (χ4n) is 3.88.